The molecule has 3 rings (SSSR count). The van der Waals surface area contributed by atoms with Gasteiger partial charge in [0.2, 0.25) is 0 Å². The minimum absolute atomic E-state index is 0.144. The first-order valence-electron chi connectivity index (χ1n) is 5.95. The summed E-state index contributed by atoms with van der Waals surface area (Å²) in [6.07, 6.45) is 0. The summed E-state index contributed by atoms with van der Waals surface area (Å²) < 4.78 is 20.9. The van der Waals surface area contributed by atoms with Crippen LogP contribution in [-0.2, 0) is 0 Å². The van der Waals surface area contributed by atoms with Crippen LogP contribution in [0.3, 0.4) is 0 Å². The predicted molar refractivity (Wildman–Crippen MR) is 85.0 cm³/mol. The number of rotatable bonds is 2. The van der Waals surface area contributed by atoms with Gasteiger partial charge in [0.15, 0.2) is 16.3 Å². The number of benzene rings is 2. The monoisotopic (exact) mass is 342 g/mol. The largest absolute Gasteiger partial charge is 0.494 e. The molecule has 0 bridgehead atoms. The fraction of sp³-hybridized carbons (Fsp3) is 0.0714. The molecule has 0 fully saturated rings. The molecular formula is C14H9Cl2FN2OS. The molecule has 1 aromatic heterocycles. The standard InChI is InChI=1S/C14H9Cl2FN2OS/c1-20-13-6-12-11(5-10(13)17)18-14(21)19(12)7-2-3-8(15)9(16)4-7/h2-6H,1H3,(H,18,21). The molecule has 1 heterocycles. The summed E-state index contributed by atoms with van der Waals surface area (Å²) in [6, 6.07) is 8.09. The Balaban J connectivity index is 2.33. The van der Waals surface area contributed by atoms with E-state index in [0.29, 0.717) is 25.8 Å². The van der Waals surface area contributed by atoms with Gasteiger partial charge in [0.05, 0.1) is 33.9 Å². The van der Waals surface area contributed by atoms with Crippen molar-refractivity contribution in [3.05, 3.63) is 51.0 Å². The molecule has 0 amide bonds. The molecule has 0 atom stereocenters. The van der Waals surface area contributed by atoms with Crippen molar-refractivity contribution in [3.8, 4) is 11.4 Å². The number of aromatic amines is 1. The Kier molecular flexibility index (Phi) is 3.65. The van der Waals surface area contributed by atoms with Crippen LogP contribution in [0.2, 0.25) is 10.0 Å². The van der Waals surface area contributed by atoms with E-state index >= 15 is 0 Å². The average Bonchev–Trinajstić information content (AvgIpc) is 2.76. The zero-order valence-electron chi connectivity index (χ0n) is 10.8. The highest BCUT2D eigenvalue weighted by Gasteiger charge is 2.12. The van der Waals surface area contributed by atoms with Gasteiger partial charge in [-0.1, -0.05) is 23.2 Å². The number of aromatic nitrogens is 2. The molecule has 0 saturated carbocycles. The minimum atomic E-state index is -0.456. The highest BCUT2D eigenvalue weighted by atomic mass is 35.5. The van der Waals surface area contributed by atoms with Crippen molar-refractivity contribution in [3.63, 3.8) is 0 Å². The topological polar surface area (TPSA) is 29.9 Å². The number of hydrogen-bond donors (Lipinski definition) is 1. The molecule has 0 spiro atoms. The van der Waals surface area contributed by atoms with Crippen molar-refractivity contribution < 1.29 is 9.13 Å². The number of fused-ring (bicyclic) bond motifs is 1. The summed E-state index contributed by atoms with van der Waals surface area (Å²) in [4.78, 5) is 2.96. The Morgan fingerprint density at radius 3 is 2.62 bits per heavy atom. The molecule has 0 aliphatic carbocycles. The van der Waals surface area contributed by atoms with Crippen molar-refractivity contribution in [2.45, 2.75) is 0 Å². The van der Waals surface area contributed by atoms with Crippen molar-refractivity contribution in [1.82, 2.24) is 9.55 Å². The molecule has 3 nitrogen and oxygen atoms in total. The van der Waals surface area contributed by atoms with Gasteiger partial charge in [0.25, 0.3) is 0 Å². The third-order valence-corrected chi connectivity index (χ3v) is 4.14. The lowest BCUT2D eigenvalue weighted by Crippen LogP contribution is -1.95. The van der Waals surface area contributed by atoms with Gasteiger partial charge in [0.1, 0.15) is 0 Å². The van der Waals surface area contributed by atoms with Crippen molar-refractivity contribution in [2.75, 3.05) is 7.11 Å². The van der Waals surface area contributed by atoms with E-state index in [1.54, 1.807) is 28.8 Å². The third-order valence-electron chi connectivity index (χ3n) is 3.12. The van der Waals surface area contributed by atoms with Crippen LogP contribution >= 0.6 is 35.4 Å². The molecule has 3 aromatic rings. The van der Waals surface area contributed by atoms with E-state index in [9.17, 15) is 4.39 Å². The first-order chi connectivity index (χ1) is 10.0. The van der Waals surface area contributed by atoms with Gasteiger partial charge in [-0.2, -0.15) is 0 Å². The Bertz CT molecular complexity index is 904. The smallest absolute Gasteiger partial charge is 0.182 e. The maximum atomic E-state index is 13.8. The van der Waals surface area contributed by atoms with E-state index in [1.807, 2.05) is 0 Å². The van der Waals surface area contributed by atoms with Crippen molar-refractivity contribution in [1.29, 1.82) is 0 Å². The van der Waals surface area contributed by atoms with E-state index in [-0.39, 0.29) is 5.75 Å². The number of H-pyrrole nitrogens is 1. The van der Waals surface area contributed by atoms with E-state index in [2.05, 4.69) is 4.98 Å². The van der Waals surface area contributed by atoms with Crippen LogP contribution < -0.4 is 4.74 Å². The molecule has 0 radical (unpaired) electrons. The number of methoxy groups -OCH3 is 1. The fourth-order valence-corrected chi connectivity index (χ4v) is 2.75. The highest BCUT2D eigenvalue weighted by Crippen LogP contribution is 2.29. The molecule has 108 valence electrons. The number of hydrogen-bond acceptors (Lipinski definition) is 2. The first kappa shape index (κ1) is 14.4. The molecule has 0 aliphatic rings. The van der Waals surface area contributed by atoms with Gasteiger partial charge >= 0.3 is 0 Å². The zero-order valence-corrected chi connectivity index (χ0v) is 13.1. The molecule has 2 aromatic carbocycles. The summed E-state index contributed by atoms with van der Waals surface area (Å²) in [6.45, 7) is 0. The average molecular weight is 343 g/mol. The van der Waals surface area contributed by atoms with Gasteiger partial charge in [-0.3, -0.25) is 4.57 Å². The van der Waals surface area contributed by atoms with Crippen LogP contribution in [-0.4, -0.2) is 16.7 Å². The second-order valence-corrected chi connectivity index (χ2v) is 5.57. The molecule has 0 unspecified atom stereocenters. The Labute approximate surface area is 134 Å². The lowest BCUT2D eigenvalue weighted by atomic mass is 10.2. The maximum absolute atomic E-state index is 13.8. The lowest BCUT2D eigenvalue weighted by Gasteiger charge is -2.07. The highest BCUT2D eigenvalue weighted by molar-refractivity contribution is 7.71. The van der Waals surface area contributed by atoms with Gasteiger partial charge < -0.3 is 9.72 Å². The van der Waals surface area contributed by atoms with Crippen LogP contribution in [0, 0.1) is 10.6 Å². The Morgan fingerprint density at radius 2 is 1.95 bits per heavy atom. The molecule has 1 N–H and O–H groups in total. The van der Waals surface area contributed by atoms with E-state index in [4.69, 9.17) is 40.2 Å². The SMILES string of the molecule is COc1cc2c(cc1F)[nH]c(=S)n2-c1ccc(Cl)c(Cl)c1. The molecular weight excluding hydrogens is 334 g/mol. The number of ether oxygens (including phenoxy) is 1. The van der Waals surface area contributed by atoms with Gasteiger partial charge in [0, 0.05) is 12.1 Å². The summed E-state index contributed by atoms with van der Waals surface area (Å²) >= 11 is 17.3. The first-order valence-corrected chi connectivity index (χ1v) is 7.11. The number of imidazole rings is 1. The van der Waals surface area contributed by atoms with E-state index < -0.39 is 5.82 Å². The number of nitrogens with zero attached hydrogens (tertiary/aromatic N) is 1. The maximum Gasteiger partial charge on any atom is 0.182 e. The van der Waals surface area contributed by atoms with Crippen molar-refractivity contribution >= 4 is 46.5 Å². The summed E-state index contributed by atoms with van der Waals surface area (Å²) in [5.41, 5.74) is 2.00. The second kappa shape index (κ2) is 5.33. The van der Waals surface area contributed by atoms with Crippen LogP contribution in [0.15, 0.2) is 30.3 Å². The van der Waals surface area contributed by atoms with Crippen LogP contribution in [0.5, 0.6) is 5.75 Å². The summed E-state index contributed by atoms with van der Waals surface area (Å²) in [5, 5.41) is 0.870. The van der Waals surface area contributed by atoms with Crippen LogP contribution in [0.1, 0.15) is 0 Å². The predicted octanol–water partition coefficient (Wildman–Crippen LogP) is 5.14. The number of nitrogens with one attached hydrogen (secondary N) is 1. The normalized spacial score (nSPS) is 11.0. The Hall–Kier alpha value is -1.56. The third kappa shape index (κ3) is 2.41. The lowest BCUT2D eigenvalue weighted by molar-refractivity contribution is 0.387. The van der Waals surface area contributed by atoms with E-state index in [0.717, 1.165) is 5.69 Å². The fourth-order valence-electron chi connectivity index (χ4n) is 2.15. The summed E-state index contributed by atoms with van der Waals surface area (Å²) in [5.74, 6) is -0.312. The second-order valence-electron chi connectivity index (χ2n) is 4.37. The minimum Gasteiger partial charge on any atom is -0.494 e. The Morgan fingerprint density at radius 1 is 1.19 bits per heavy atom. The number of halogens is 3. The van der Waals surface area contributed by atoms with Crippen molar-refractivity contribution in [2.24, 2.45) is 0 Å². The molecule has 0 aliphatic heterocycles. The van der Waals surface area contributed by atoms with Crippen LogP contribution in [0.25, 0.3) is 16.7 Å². The van der Waals surface area contributed by atoms with Gasteiger partial charge in [-0.25, -0.2) is 4.39 Å². The summed E-state index contributed by atoms with van der Waals surface area (Å²) in [7, 11) is 1.41. The molecule has 0 saturated heterocycles. The van der Waals surface area contributed by atoms with Gasteiger partial charge in [-0.05, 0) is 30.4 Å². The van der Waals surface area contributed by atoms with Crippen LogP contribution in [0.4, 0.5) is 4.39 Å². The quantitative estimate of drug-likeness (QED) is 0.653. The van der Waals surface area contributed by atoms with Gasteiger partial charge in [-0.15, -0.1) is 0 Å². The molecule has 21 heavy (non-hydrogen) atoms. The van der Waals surface area contributed by atoms with E-state index in [1.165, 1.54) is 13.2 Å². The zero-order chi connectivity index (χ0) is 15.1. The molecule has 7 heteroatoms.